The van der Waals surface area contributed by atoms with Crippen molar-refractivity contribution >= 4 is 58.8 Å². The van der Waals surface area contributed by atoms with Crippen molar-refractivity contribution < 1.29 is 41.8 Å². The molecule has 2 aromatic heterocycles. The second kappa shape index (κ2) is 16.4. The third-order valence-electron chi connectivity index (χ3n) is 9.80. The predicted octanol–water partition coefficient (Wildman–Crippen LogP) is 9.64. The fraction of sp³-hybridized carbons (Fsp3) is 0.106. The van der Waals surface area contributed by atoms with Crippen molar-refractivity contribution in [2.45, 2.75) is 33.0 Å². The quantitative estimate of drug-likeness (QED) is 0.0949. The first-order chi connectivity index (χ1) is 27.6. The SMILES string of the molecule is Fc1c[c-]c(-c2ccccn2)cc1.[2H]C([2H])([2H])c1cc(-c2[c-]ccc3c2oc2c(C#N)c([Si](C)(c4cccc(F)c4)c4cccc(F)c4)ccc23)[c-]cc1[Si](C)(C)C.[Ir+3]. The largest absolute Gasteiger partial charge is 3.00 e. The van der Waals surface area contributed by atoms with Gasteiger partial charge < -0.3 is 9.40 Å². The summed E-state index contributed by atoms with van der Waals surface area (Å²) in [4.78, 5) is 4.12. The average Bonchev–Trinajstić information content (AvgIpc) is 3.59. The molecule has 6 aromatic carbocycles. The first kappa shape index (κ1) is 36.3. The Labute approximate surface area is 345 Å². The molecule has 0 bridgehead atoms. The summed E-state index contributed by atoms with van der Waals surface area (Å²) in [6.07, 6.45) is 1.70. The smallest absolute Gasteiger partial charge is 0.509 e. The number of fused-ring (bicyclic) bond motifs is 3. The first-order valence-corrected chi connectivity index (χ1v) is 23.6. The minimum Gasteiger partial charge on any atom is -0.509 e. The van der Waals surface area contributed by atoms with Crippen LogP contribution in [0.25, 0.3) is 44.3 Å². The van der Waals surface area contributed by atoms with Gasteiger partial charge in [-0.3, -0.25) is 4.39 Å². The van der Waals surface area contributed by atoms with Gasteiger partial charge >= 0.3 is 20.1 Å². The fourth-order valence-corrected chi connectivity index (χ4v) is 12.1. The van der Waals surface area contributed by atoms with Crippen LogP contribution in [0, 0.1) is 53.8 Å². The minimum atomic E-state index is -3.14. The Hall–Kier alpha value is -5.37. The van der Waals surface area contributed by atoms with E-state index in [1.54, 1.807) is 42.6 Å². The molecule has 9 heteroatoms. The normalized spacial score (nSPS) is 12.4. The number of aryl methyl sites for hydroxylation is 1. The van der Waals surface area contributed by atoms with Crippen LogP contribution in [0.4, 0.5) is 13.2 Å². The summed E-state index contributed by atoms with van der Waals surface area (Å²) in [6.45, 7) is 5.97. The topological polar surface area (TPSA) is 49.8 Å². The van der Waals surface area contributed by atoms with E-state index in [1.807, 2.05) is 55.1 Å². The maximum atomic E-state index is 14.6. The van der Waals surface area contributed by atoms with Crippen molar-refractivity contribution in [2.24, 2.45) is 0 Å². The molecule has 8 aromatic rings. The number of rotatable bonds is 6. The van der Waals surface area contributed by atoms with Gasteiger partial charge in [-0.15, -0.1) is 46.6 Å². The molecular formula is C47H36F3IrN2OSi2. The molecule has 0 aliphatic heterocycles. The van der Waals surface area contributed by atoms with Crippen molar-refractivity contribution in [1.29, 1.82) is 5.26 Å². The third kappa shape index (κ3) is 7.84. The number of benzene rings is 6. The maximum absolute atomic E-state index is 14.6. The fourth-order valence-electron chi connectivity index (χ4n) is 6.95. The van der Waals surface area contributed by atoms with Crippen molar-refractivity contribution in [3.05, 3.63) is 174 Å². The molecule has 2 heterocycles. The molecule has 0 saturated heterocycles. The molecule has 278 valence electrons. The van der Waals surface area contributed by atoms with E-state index in [0.29, 0.717) is 54.4 Å². The number of pyridine rings is 1. The molecular weight excluding hydrogens is 914 g/mol. The van der Waals surface area contributed by atoms with E-state index in [0.717, 1.165) is 21.8 Å². The molecule has 0 unspecified atom stereocenters. The van der Waals surface area contributed by atoms with Crippen LogP contribution in [0.1, 0.15) is 15.2 Å². The van der Waals surface area contributed by atoms with Crippen LogP contribution in [-0.2, 0) is 20.1 Å². The Balaban J connectivity index is 0.000000354. The third-order valence-corrected chi connectivity index (χ3v) is 16.3. The zero-order valence-corrected chi connectivity index (χ0v) is 35.3. The van der Waals surface area contributed by atoms with E-state index >= 15 is 0 Å². The summed E-state index contributed by atoms with van der Waals surface area (Å²) in [6, 6.07) is 45.0. The number of halogens is 3. The number of hydrogen-bond acceptors (Lipinski definition) is 3. The van der Waals surface area contributed by atoms with E-state index in [-0.39, 0.29) is 25.9 Å². The zero-order valence-electron chi connectivity index (χ0n) is 33.9. The molecule has 0 amide bonds. The molecule has 8 rings (SSSR count). The van der Waals surface area contributed by atoms with Crippen molar-refractivity contribution in [3.63, 3.8) is 0 Å². The second-order valence-corrected chi connectivity index (χ2v) is 23.4. The van der Waals surface area contributed by atoms with E-state index in [2.05, 4.69) is 48.9 Å². The van der Waals surface area contributed by atoms with Gasteiger partial charge in [0.05, 0.1) is 5.56 Å². The molecule has 0 fully saturated rings. The molecule has 3 nitrogen and oxygen atoms in total. The molecule has 0 radical (unpaired) electrons. The number of aromatic nitrogens is 1. The molecule has 0 aliphatic rings. The van der Waals surface area contributed by atoms with E-state index in [4.69, 9.17) is 8.53 Å². The van der Waals surface area contributed by atoms with Gasteiger partial charge in [-0.05, 0) is 51.6 Å². The summed E-state index contributed by atoms with van der Waals surface area (Å²) in [5.74, 6) is -1.11. The van der Waals surface area contributed by atoms with E-state index < -0.39 is 34.6 Å². The Morgan fingerprint density at radius 1 is 0.696 bits per heavy atom. The van der Waals surface area contributed by atoms with Gasteiger partial charge in [-0.1, -0.05) is 87.0 Å². The number of furan rings is 1. The number of hydrogen-bond donors (Lipinski definition) is 0. The van der Waals surface area contributed by atoms with Gasteiger partial charge in [0.1, 0.15) is 31.4 Å². The van der Waals surface area contributed by atoms with Gasteiger partial charge in [0.25, 0.3) is 0 Å². The predicted molar refractivity (Wildman–Crippen MR) is 221 cm³/mol. The van der Waals surface area contributed by atoms with Crippen LogP contribution in [0.15, 0.2) is 132 Å². The summed E-state index contributed by atoms with van der Waals surface area (Å²) >= 11 is 0. The Morgan fingerprint density at radius 3 is 1.98 bits per heavy atom. The van der Waals surface area contributed by atoms with Crippen LogP contribution in [0.3, 0.4) is 0 Å². The zero-order chi connectivity index (χ0) is 41.4. The minimum absolute atomic E-state index is 0. The standard InChI is InChI=1S/C36H29F2NOSi2.C11H7FN.Ir/c1-23-19-24(15-17-33(23)41(2,3)4)29-13-8-14-30-31-16-18-34(32(22-39)36(31)40-35(29)30)42(5,27-11-6-9-25(37)20-27)28-12-7-10-26(38)21-28;12-10-6-4-9(5-7-10)11-3-1-2-8-13-11;/h6-12,14,16-21H,1-5H3;1-4,6-8H;/q-2;-1;+3/i1D3;;. The summed E-state index contributed by atoms with van der Waals surface area (Å²) in [5.41, 5.74) is 4.08. The van der Waals surface area contributed by atoms with Crippen LogP contribution in [-0.4, -0.2) is 21.1 Å². The summed E-state index contributed by atoms with van der Waals surface area (Å²) < 4.78 is 73.0. The molecule has 0 spiro atoms. The second-order valence-electron chi connectivity index (χ2n) is 14.4. The van der Waals surface area contributed by atoms with Crippen molar-refractivity contribution in [1.82, 2.24) is 4.98 Å². The number of nitrogens with zero attached hydrogens (tertiary/aromatic N) is 2. The Morgan fingerprint density at radius 2 is 1.39 bits per heavy atom. The first-order valence-electron chi connectivity index (χ1n) is 19.1. The van der Waals surface area contributed by atoms with Crippen molar-refractivity contribution in [3.8, 4) is 28.5 Å². The summed E-state index contributed by atoms with van der Waals surface area (Å²) in [7, 11) is -5.13. The van der Waals surface area contributed by atoms with Crippen LogP contribution in [0.5, 0.6) is 0 Å². The van der Waals surface area contributed by atoms with Gasteiger partial charge in [-0.2, -0.15) is 41.2 Å². The molecule has 56 heavy (non-hydrogen) atoms. The average molecular weight is 953 g/mol. The summed E-state index contributed by atoms with van der Waals surface area (Å²) in [5, 5.41) is 14.9. The van der Waals surface area contributed by atoms with Gasteiger partial charge in [-0.25, -0.2) is 14.3 Å². The van der Waals surface area contributed by atoms with Gasteiger partial charge in [0.2, 0.25) is 0 Å². The van der Waals surface area contributed by atoms with Gasteiger partial charge in [0.15, 0.2) is 0 Å². The molecule has 0 atom stereocenters. The monoisotopic (exact) mass is 953 g/mol. The van der Waals surface area contributed by atoms with Gasteiger partial charge in [0, 0.05) is 35.2 Å². The number of nitriles is 1. The van der Waals surface area contributed by atoms with Crippen LogP contribution < -0.4 is 20.7 Å². The Bertz CT molecular complexity index is 2790. The van der Waals surface area contributed by atoms with Crippen LogP contribution in [0.2, 0.25) is 26.2 Å². The van der Waals surface area contributed by atoms with E-state index in [9.17, 15) is 18.4 Å². The van der Waals surface area contributed by atoms with E-state index in [1.165, 1.54) is 36.4 Å². The molecule has 0 aliphatic carbocycles. The maximum Gasteiger partial charge on any atom is 3.00 e. The van der Waals surface area contributed by atoms with Crippen molar-refractivity contribution in [2.75, 3.05) is 0 Å². The molecule has 0 saturated carbocycles. The van der Waals surface area contributed by atoms with Crippen LogP contribution >= 0.6 is 0 Å². The molecule has 0 N–H and O–H groups in total. The Kier molecular flexibility index (Phi) is 10.6.